The Bertz CT molecular complexity index is 2690. The van der Waals surface area contributed by atoms with Crippen LogP contribution >= 0.6 is 7.82 Å². The standard InChI is InChI=1S/C54H59F4N4O8P/c1-35-27-36(2)47(45(28-35)70-71(66,68-32-38-15-8-5-9-16-38)69-33-39-17-10-6-11-18-39)53(3,4)30-46(63)67-34-62-49-42(21-14-22-44(49)55)48(40-19-12-7-13-20-40)61-51(52(62)65)60-31-41(25-26-54(56,57)58)43(50(59)64)29-37-23-24-37/h5-22,27-28,37,41,43,51,60H,23-26,29-34H2,1-4H3,(H2,59,64)/t41-,43-,51?/m0/s1. The third-order valence-corrected chi connectivity index (χ3v) is 14.0. The summed E-state index contributed by atoms with van der Waals surface area (Å²) in [6.07, 6.45) is -6.01. The third kappa shape index (κ3) is 14.2. The molecule has 1 fully saturated rings. The van der Waals surface area contributed by atoms with Crippen molar-refractivity contribution in [1.29, 1.82) is 0 Å². The summed E-state index contributed by atoms with van der Waals surface area (Å²) >= 11 is 0. The van der Waals surface area contributed by atoms with E-state index in [0.717, 1.165) is 40.5 Å². The number of rotatable bonds is 23. The molecule has 17 heteroatoms. The maximum atomic E-state index is 16.3. The van der Waals surface area contributed by atoms with Gasteiger partial charge in [-0.1, -0.05) is 136 Å². The number of benzodiazepines with no additional fused rings is 1. The molecule has 3 atom stereocenters. The molecular weight excluding hydrogens is 940 g/mol. The third-order valence-electron chi connectivity index (χ3n) is 12.6. The number of nitrogens with two attached hydrogens (primary N) is 1. The molecule has 0 spiro atoms. The number of ether oxygens (including phenoxy) is 1. The van der Waals surface area contributed by atoms with Gasteiger partial charge in [-0.3, -0.25) is 38.6 Å². The number of carbonyl (C=O) groups excluding carboxylic acids is 3. The van der Waals surface area contributed by atoms with Gasteiger partial charge in [0.05, 0.1) is 31.0 Å². The zero-order valence-electron chi connectivity index (χ0n) is 40.1. The van der Waals surface area contributed by atoms with Crippen molar-refractivity contribution in [3.05, 3.63) is 166 Å². The number of aliphatic imine (C=N–C) groups is 1. The molecule has 5 aromatic carbocycles. The fraction of sp³-hybridized carbons (Fsp3) is 0.370. The van der Waals surface area contributed by atoms with Crippen molar-refractivity contribution < 1.29 is 54.8 Å². The van der Waals surface area contributed by atoms with Crippen molar-refractivity contribution >= 4 is 37.0 Å². The van der Waals surface area contributed by atoms with Crippen LogP contribution in [0.1, 0.15) is 91.3 Å². The smallest absolute Gasteiger partial charge is 0.444 e. The molecule has 1 aliphatic heterocycles. The second kappa shape index (κ2) is 22.9. The lowest BCUT2D eigenvalue weighted by Crippen LogP contribution is -2.49. The van der Waals surface area contributed by atoms with E-state index < -0.39 is 80.6 Å². The molecule has 1 aliphatic carbocycles. The van der Waals surface area contributed by atoms with Crippen molar-refractivity contribution in [3.63, 3.8) is 0 Å². The van der Waals surface area contributed by atoms with Crippen molar-refractivity contribution in [2.75, 3.05) is 18.2 Å². The van der Waals surface area contributed by atoms with Crippen LogP contribution in [0.3, 0.4) is 0 Å². The van der Waals surface area contributed by atoms with Gasteiger partial charge in [-0.15, -0.1) is 0 Å². The van der Waals surface area contributed by atoms with Crippen LogP contribution in [0.15, 0.2) is 126 Å². The maximum absolute atomic E-state index is 16.3. The summed E-state index contributed by atoms with van der Waals surface area (Å²) in [4.78, 5) is 47.4. The summed E-state index contributed by atoms with van der Waals surface area (Å²) in [5.74, 6) is -4.77. The number of anilines is 1. The molecule has 2 amide bonds. The number of aryl methyl sites for hydroxylation is 2. The molecule has 0 bridgehead atoms. The van der Waals surface area contributed by atoms with Crippen LogP contribution in [0.2, 0.25) is 0 Å². The number of esters is 1. The monoisotopic (exact) mass is 998 g/mol. The predicted octanol–water partition coefficient (Wildman–Crippen LogP) is 11.2. The van der Waals surface area contributed by atoms with Crippen LogP contribution < -0.4 is 20.5 Å². The van der Waals surface area contributed by atoms with Gasteiger partial charge >= 0.3 is 20.0 Å². The first-order chi connectivity index (χ1) is 33.8. The molecule has 3 N–H and O–H groups in total. The Labute approximate surface area is 411 Å². The van der Waals surface area contributed by atoms with E-state index in [1.807, 2.05) is 80.6 Å². The van der Waals surface area contributed by atoms with Gasteiger partial charge in [0.25, 0.3) is 5.91 Å². The number of alkyl halides is 3. The molecular formula is C54H59F4N4O8P. The second-order valence-corrected chi connectivity index (χ2v) is 20.5. The van der Waals surface area contributed by atoms with E-state index in [9.17, 15) is 32.1 Å². The van der Waals surface area contributed by atoms with Crippen molar-refractivity contribution in [2.24, 2.45) is 28.5 Å². The van der Waals surface area contributed by atoms with E-state index >= 15 is 4.39 Å². The second-order valence-electron chi connectivity index (χ2n) is 18.9. The highest BCUT2D eigenvalue weighted by molar-refractivity contribution is 7.48. The molecule has 0 radical (unpaired) electrons. The molecule has 1 saturated carbocycles. The lowest BCUT2D eigenvalue weighted by Gasteiger charge is -2.31. The first-order valence-electron chi connectivity index (χ1n) is 23.6. The summed E-state index contributed by atoms with van der Waals surface area (Å²) < 4.78 is 95.9. The van der Waals surface area contributed by atoms with Gasteiger partial charge in [-0.25, -0.2) is 8.96 Å². The Hall–Kier alpha value is -6.19. The number of benzene rings is 5. The zero-order valence-corrected chi connectivity index (χ0v) is 41.0. The Kier molecular flexibility index (Phi) is 17.0. The van der Waals surface area contributed by atoms with Crippen LogP contribution in [0.25, 0.3) is 0 Å². The normalized spacial score (nSPS) is 16.1. The van der Waals surface area contributed by atoms with Gasteiger partial charge < -0.3 is 15.0 Å². The number of para-hydroxylation sites is 1. The quantitative estimate of drug-likeness (QED) is 0.0369. The van der Waals surface area contributed by atoms with E-state index in [-0.39, 0.29) is 54.8 Å². The van der Waals surface area contributed by atoms with Gasteiger partial charge in [0, 0.05) is 41.0 Å². The summed E-state index contributed by atoms with van der Waals surface area (Å²) in [6.45, 7) is 5.95. The van der Waals surface area contributed by atoms with Crippen LogP contribution in [0, 0.1) is 37.4 Å². The largest absolute Gasteiger partial charge is 0.530 e. The topological polar surface area (TPSA) is 159 Å². The van der Waals surface area contributed by atoms with Crippen molar-refractivity contribution in [1.82, 2.24) is 5.32 Å². The Morgan fingerprint density at radius 1 is 0.873 bits per heavy atom. The number of nitrogens with zero attached hydrogens (tertiary/aromatic N) is 2. The molecule has 0 saturated heterocycles. The number of hydrogen-bond donors (Lipinski definition) is 2. The van der Waals surface area contributed by atoms with E-state index in [1.54, 1.807) is 56.3 Å². The molecule has 71 heavy (non-hydrogen) atoms. The van der Waals surface area contributed by atoms with Crippen LogP contribution in [0.5, 0.6) is 5.75 Å². The molecule has 5 aromatic rings. The van der Waals surface area contributed by atoms with E-state index in [4.69, 9.17) is 29.0 Å². The summed E-state index contributed by atoms with van der Waals surface area (Å²) in [5, 5.41) is 3.01. The number of hydrogen-bond acceptors (Lipinski definition) is 10. The number of nitrogens with one attached hydrogen (secondary N) is 1. The van der Waals surface area contributed by atoms with Crippen LogP contribution in [-0.2, 0) is 51.4 Å². The Morgan fingerprint density at radius 2 is 1.48 bits per heavy atom. The highest BCUT2D eigenvalue weighted by atomic mass is 31.2. The molecule has 7 rings (SSSR count). The number of carbonyl (C=O) groups is 3. The number of halogens is 4. The highest BCUT2D eigenvalue weighted by Gasteiger charge is 2.40. The Morgan fingerprint density at radius 3 is 2.06 bits per heavy atom. The average Bonchev–Trinajstić information content (AvgIpc) is 4.16. The summed E-state index contributed by atoms with van der Waals surface area (Å²) in [7, 11) is -4.38. The van der Waals surface area contributed by atoms with Gasteiger partial charge in [0.2, 0.25) is 5.91 Å². The molecule has 12 nitrogen and oxygen atoms in total. The molecule has 0 aromatic heterocycles. The van der Waals surface area contributed by atoms with Crippen LogP contribution in [-0.4, -0.2) is 49.1 Å². The minimum Gasteiger partial charge on any atom is -0.444 e. The molecule has 376 valence electrons. The number of primary amides is 1. The van der Waals surface area contributed by atoms with Gasteiger partial charge in [-0.05, 0) is 72.9 Å². The van der Waals surface area contributed by atoms with Crippen molar-refractivity contribution in [2.45, 2.75) is 97.2 Å². The van der Waals surface area contributed by atoms with Crippen molar-refractivity contribution in [3.8, 4) is 5.75 Å². The van der Waals surface area contributed by atoms with Gasteiger partial charge in [0.1, 0.15) is 11.6 Å². The fourth-order valence-electron chi connectivity index (χ4n) is 9.06. The molecule has 1 heterocycles. The predicted molar refractivity (Wildman–Crippen MR) is 262 cm³/mol. The van der Waals surface area contributed by atoms with E-state index in [0.29, 0.717) is 23.1 Å². The lowest BCUT2D eigenvalue weighted by molar-refractivity contribution is -0.145. The number of amides is 2. The molecule has 2 aliphatic rings. The minimum atomic E-state index is -4.52. The van der Waals surface area contributed by atoms with Gasteiger partial charge in [0.15, 0.2) is 12.9 Å². The maximum Gasteiger partial charge on any atom is 0.530 e. The number of fused-ring (bicyclic) bond motifs is 1. The summed E-state index contributed by atoms with van der Waals surface area (Å²) in [6, 6.07) is 34.6. The summed E-state index contributed by atoms with van der Waals surface area (Å²) in [5.41, 5.74) is 8.75. The Balaban J connectivity index is 1.16. The number of phosphoric acid groups is 1. The first-order valence-corrected chi connectivity index (χ1v) is 25.0. The van der Waals surface area contributed by atoms with Gasteiger partial charge in [-0.2, -0.15) is 13.2 Å². The number of phosphoric ester groups is 1. The fourth-order valence-corrected chi connectivity index (χ4v) is 10.2. The highest BCUT2D eigenvalue weighted by Crippen LogP contribution is 2.54. The molecule has 1 unspecified atom stereocenters. The lowest BCUT2D eigenvalue weighted by atomic mass is 9.78. The SMILES string of the molecule is Cc1cc(C)c(C(C)(C)CC(=O)OCN2C(=O)C(NC[C@H](CCC(F)(F)F)[C@H](CC3CC3)C(N)=O)N=C(c3ccccc3)c3cccc(F)c32)c(OP(=O)(OCc2ccccc2)OCc2ccccc2)c1. The minimum absolute atomic E-state index is 0.0943. The zero-order chi connectivity index (χ0) is 50.9. The van der Waals surface area contributed by atoms with Crippen LogP contribution in [0.4, 0.5) is 23.2 Å². The van der Waals surface area contributed by atoms with E-state index in [2.05, 4.69) is 5.32 Å². The first kappa shape index (κ1) is 52.6. The average molecular weight is 999 g/mol. The van der Waals surface area contributed by atoms with E-state index in [1.165, 1.54) is 6.07 Å².